The second-order valence-electron chi connectivity index (χ2n) is 1.32. The minimum Gasteiger partial charge on any atom is -0.481 e. The highest BCUT2D eigenvalue weighted by atomic mass is 19.4. The summed E-state index contributed by atoms with van der Waals surface area (Å²) in [7, 11) is 1.00. The van der Waals surface area contributed by atoms with Gasteiger partial charge in [0.15, 0.2) is 0 Å². The summed E-state index contributed by atoms with van der Waals surface area (Å²) in [5.74, 6) is -3.59. The quantitative estimate of drug-likeness (QED) is 0.531. The SMILES string of the molecule is CC(=O)O.CO.O=C(O)C(F)(F)F. The van der Waals surface area contributed by atoms with E-state index in [0.717, 1.165) is 14.0 Å². The Hall–Kier alpha value is -1.31. The Morgan fingerprint density at radius 1 is 1.08 bits per heavy atom. The minimum atomic E-state index is -5.08. The van der Waals surface area contributed by atoms with E-state index in [-0.39, 0.29) is 0 Å². The predicted molar refractivity (Wildman–Crippen MR) is 35.1 cm³/mol. The summed E-state index contributed by atoms with van der Waals surface area (Å²) in [6, 6.07) is 0. The van der Waals surface area contributed by atoms with Gasteiger partial charge in [-0.2, -0.15) is 13.2 Å². The minimum absolute atomic E-state index is 0.833. The van der Waals surface area contributed by atoms with Crippen LogP contribution in [0.25, 0.3) is 0 Å². The first-order valence-corrected chi connectivity index (χ1v) is 2.62. The van der Waals surface area contributed by atoms with E-state index in [4.69, 9.17) is 24.9 Å². The second kappa shape index (κ2) is 8.78. The third-order valence-corrected chi connectivity index (χ3v) is 0.243. The van der Waals surface area contributed by atoms with Crippen molar-refractivity contribution in [2.75, 3.05) is 7.11 Å². The molecule has 0 aliphatic rings. The fourth-order valence-corrected chi connectivity index (χ4v) is 0. The van der Waals surface area contributed by atoms with Crippen molar-refractivity contribution >= 4 is 11.9 Å². The second-order valence-corrected chi connectivity index (χ2v) is 1.32. The molecule has 5 nitrogen and oxygen atoms in total. The van der Waals surface area contributed by atoms with Crippen molar-refractivity contribution in [2.24, 2.45) is 0 Å². The molecule has 0 rings (SSSR count). The molecule has 0 amide bonds. The number of halogens is 3. The fourth-order valence-electron chi connectivity index (χ4n) is 0. The number of alkyl halides is 3. The number of hydrogen-bond acceptors (Lipinski definition) is 3. The number of hydrogen-bond donors (Lipinski definition) is 3. The molecule has 0 spiro atoms. The number of carboxylic acids is 2. The molecule has 0 saturated heterocycles. The lowest BCUT2D eigenvalue weighted by Crippen LogP contribution is -2.21. The van der Waals surface area contributed by atoms with Crippen LogP contribution in [-0.2, 0) is 9.59 Å². The molecular formula is C5H9F3O5. The van der Waals surface area contributed by atoms with Crippen LogP contribution in [0.1, 0.15) is 6.92 Å². The molecule has 3 N–H and O–H groups in total. The first kappa shape index (κ1) is 17.7. The van der Waals surface area contributed by atoms with Gasteiger partial charge in [0.1, 0.15) is 0 Å². The molecule has 80 valence electrons. The number of aliphatic hydroxyl groups excluding tert-OH is 1. The van der Waals surface area contributed by atoms with Gasteiger partial charge in [0, 0.05) is 14.0 Å². The maximum atomic E-state index is 10.6. The van der Waals surface area contributed by atoms with E-state index in [9.17, 15) is 13.2 Å². The molecule has 0 aromatic rings. The molecule has 0 bridgehead atoms. The molecule has 0 unspecified atom stereocenters. The predicted octanol–water partition coefficient (Wildman–Crippen LogP) is 0.333. The Labute approximate surface area is 71.4 Å². The number of aliphatic hydroxyl groups is 1. The van der Waals surface area contributed by atoms with E-state index in [1.807, 2.05) is 0 Å². The molecule has 8 heteroatoms. The highest BCUT2D eigenvalue weighted by molar-refractivity contribution is 5.73. The largest absolute Gasteiger partial charge is 0.490 e. The first-order chi connectivity index (χ1) is 5.68. The van der Waals surface area contributed by atoms with Crippen molar-refractivity contribution in [1.29, 1.82) is 0 Å². The van der Waals surface area contributed by atoms with Gasteiger partial charge in [0.2, 0.25) is 0 Å². The zero-order valence-corrected chi connectivity index (χ0v) is 6.79. The van der Waals surface area contributed by atoms with Crippen molar-refractivity contribution in [3.8, 4) is 0 Å². The molecule has 13 heavy (non-hydrogen) atoms. The van der Waals surface area contributed by atoms with Crippen LogP contribution >= 0.6 is 0 Å². The van der Waals surface area contributed by atoms with Crippen molar-refractivity contribution in [2.45, 2.75) is 13.1 Å². The number of carbonyl (C=O) groups is 2. The lowest BCUT2D eigenvalue weighted by Gasteiger charge is -1.93. The van der Waals surface area contributed by atoms with Crippen molar-refractivity contribution in [3.63, 3.8) is 0 Å². The molecule has 0 saturated carbocycles. The third-order valence-electron chi connectivity index (χ3n) is 0.243. The third kappa shape index (κ3) is 36.7. The summed E-state index contributed by atoms with van der Waals surface area (Å²) >= 11 is 0. The lowest BCUT2D eigenvalue weighted by molar-refractivity contribution is -0.192. The van der Waals surface area contributed by atoms with Gasteiger partial charge in [-0.1, -0.05) is 0 Å². The zero-order valence-electron chi connectivity index (χ0n) is 6.79. The summed E-state index contributed by atoms with van der Waals surface area (Å²) in [6.45, 7) is 1.08. The number of carboxylic acid groups (broad SMARTS) is 2. The van der Waals surface area contributed by atoms with Crippen LogP contribution in [0.2, 0.25) is 0 Å². The Morgan fingerprint density at radius 3 is 1.15 bits per heavy atom. The highest BCUT2D eigenvalue weighted by Gasteiger charge is 2.38. The van der Waals surface area contributed by atoms with Gasteiger partial charge in [-0.3, -0.25) is 4.79 Å². The smallest absolute Gasteiger partial charge is 0.481 e. The molecule has 0 aliphatic heterocycles. The molecule has 0 aromatic heterocycles. The molecule has 0 aliphatic carbocycles. The van der Waals surface area contributed by atoms with Gasteiger partial charge in [0.25, 0.3) is 5.97 Å². The average molecular weight is 206 g/mol. The van der Waals surface area contributed by atoms with Gasteiger partial charge >= 0.3 is 12.1 Å². The molecule has 0 heterocycles. The number of rotatable bonds is 0. The standard InChI is InChI=1S/C2HF3O2.C2H4O2.CH4O/c3-2(4,5)1(6)7;1-2(3)4;1-2/h(H,6,7);1H3,(H,3,4);2H,1H3. The summed E-state index contributed by atoms with van der Waals surface area (Å²) in [6.07, 6.45) is -5.08. The molecule has 0 atom stereocenters. The van der Waals surface area contributed by atoms with Crippen LogP contribution in [0.3, 0.4) is 0 Å². The van der Waals surface area contributed by atoms with E-state index in [0.29, 0.717) is 0 Å². The van der Waals surface area contributed by atoms with Crippen LogP contribution in [0.15, 0.2) is 0 Å². The van der Waals surface area contributed by atoms with Crippen molar-refractivity contribution in [1.82, 2.24) is 0 Å². The van der Waals surface area contributed by atoms with Gasteiger partial charge in [0.05, 0.1) is 0 Å². The first-order valence-electron chi connectivity index (χ1n) is 2.62. The van der Waals surface area contributed by atoms with Crippen molar-refractivity contribution < 1.29 is 38.1 Å². The molecular weight excluding hydrogens is 197 g/mol. The van der Waals surface area contributed by atoms with Crippen LogP contribution in [0.5, 0.6) is 0 Å². The maximum Gasteiger partial charge on any atom is 0.490 e. The van der Waals surface area contributed by atoms with E-state index in [1.54, 1.807) is 0 Å². The van der Waals surface area contributed by atoms with Crippen LogP contribution in [0.4, 0.5) is 13.2 Å². The lowest BCUT2D eigenvalue weighted by atomic mass is 10.7. The van der Waals surface area contributed by atoms with Gasteiger partial charge < -0.3 is 15.3 Å². The van der Waals surface area contributed by atoms with Crippen molar-refractivity contribution in [3.05, 3.63) is 0 Å². The Balaban J connectivity index is -0.000000142. The van der Waals surface area contributed by atoms with Gasteiger partial charge in [-0.25, -0.2) is 4.79 Å². The molecule has 0 fully saturated rings. The van der Waals surface area contributed by atoms with Crippen LogP contribution in [-0.4, -0.2) is 40.5 Å². The monoisotopic (exact) mass is 206 g/mol. The molecule has 0 radical (unpaired) electrons. The molecule has 0 aromatic carbocycles. The van der Waals surface area contributed by atoms with Crippen LogP contribution < -0.4 is 0 Å². The van der Waals surface area contributed by atoms with E-state index in [1.165, 1.54) is 0 Å². The maximum absolute atomic E-state index is 10.6. The fraction of sp³-hybridized carbons (Fsp3) is 0.600. The van der Waals surface area contributed by atoms with E-state index >= 15 is 0 Å². The normalized spacial score (nSPS) is 8.46. The summed E-state index contributed by atoms with van der Waals surface area (Å²) in [5, 5.41) is 21.5. The van der Waals surface area contributed by atoms with E-state index in [2.05, 4.69) is 0 Å². The van der Waals surface area contributed by atoms with Gasteiger partial charge in [-0.15, -0.1) is 0 Å². The van der Waals surface area contributed by atoms with Crippen LogP contribution in [0, 0.1) is 0 Å². The Kier molecular flexibility index (Phi) is 12.0. The highest BCUT2D eigenvalue weighted by Crippen LogP contribution is 2.13. The van der Waals surface area contributed by atoms with E-state index < -0.39 is 18.1 Å². The summed E-state index contributed by atoms with van der Waals surface area (Å²) in [4.78, 5) is 17.9. The summed E-state index contributed by atoms with van der Waals surface area (Å²) in [5.41, 5.74) is 0. The topological polar surface area (TPSA) is 94.8 Å². The number of aliphatic carboxylic acids is 2. The van der Waals surface area contributed by atoms with Gasteiger partial charge in [-0.05, 0) is 0 Å². The Morgan fingerprint density at radius 2 is 1.15 bits per heavy atom. The Bertz CT molecular complexity index is 149. The zero-order chi connectivity index (χ0) is 11.7. The average Bonchev–Trinajstić information content (AvgIpc) is 1.88. The summed E-state index contributed by atoms with van der Waals surface area (Å²) < 4.78 is 31.7.